The molecule has 1 fully saturated rings. The van der Waals surface area contributed by atoms with Gasteiger partial charge in [-0.1, -0.05) is 35.4 Å². The summed E-state index contributed by atoms with van der Waals surface area (Å²) < 4.78 is 9.20. The summed E-state index contributed by atoms with van der Waals surface area (Å²) in [7, 11) is 0. The zero-order chi connectivity index (χ0) is 36.4. The van der Waals surface area contributed by atoms with Crippen LogP contribution in [-0.4, -0.2) is 64.3 Å². The second-order valence-electron chi connectivity index (χ2n) is 12.8. The minimum Gasteiger partial charge on any atom is -0.450 e. The molecule has 14 nitrogen and oxygen atoms in total. The molecule has 0 bridgehead atoms. The van der Waals surface area contributed by atoms with Gasteiger partial charge in [-0.2, -0.15) is 5.10 Å². The summed E-state index contributed by atoms with van der Waals surface area (Å²) in [5, 5.41) is 27.7. The smallest absolute Gasteiger partial charge is 0.313 e. The van der Waals surface area contributed by atoms with Gasteiger partial charge in [0.1, 0.15) is 17.0 Å². The van der Waals surface area contributed by atoms with Crippen LogP contribution < -0.4 is 10.1 Å². The largest absolute Gasteiger partial charge is 0.450 e. The Bertz CT molecular complexity index is 2290. The lowest BCUT2D eigenvalue weighted by Gasteiger charge is -2.24. The number of anilines is 1. The highest BCUT2D eigenvalue weighted by Gasteiger charge is 2.25. The van der Waals surface area contributed by atoms with E-state index in [9.17, 15) is 19.7 Å². The fourth-order valence-electron chi connectivity index (χ4n) is 6.40. The first kappa shape index (κ1) is 34.3. The SMILES string of the molecule is Cc1cc(C)n2ncc(C(=O)Nc3ccc(-c4cn(CC5CCCCN(C(=O)c6ccc(Oc7ccc(Cl)cc7[N+](=O)[O-])cc6)C5)nn4)cc3)c2n1. The van der Waals surface area contributed by atoms with Crippen molar-refractivity contribution in [2.75, 3.05) is 18.4 Å². The van der Waals surface area contributed by atoms with Crippen molar-refractivity contribution in [3.63, 3.8) is 0 Å². The Balaban J connectivity index is 0.962. The van der Waals surface area contributed by atoms with Gasteiger partial charge in [0.05, 0.1) is 17.3 Å². The van der Waals surface area contributed by atoms with Crippen LogP contribution in [0.1, 0.15) is 51.4 Å². The summed E-state index contributed by atoms with van der Waals surface area (Å²) in [5.41, 5.74) is 5.04. The summed E-state index contributed by atoms with van der Waals surface area (Å²) in [4.78, 5) is 43.8. The molecule has 3 aromatic carbocycles. The number of halogens is 1. The third kappa shape index (κ3) is 7.47. The van der Waals surface area contributed by atoms with Crippen LogP contribution in [0.5, 0.6) is 11.5 Å². The number of carbonyl (C=O) groups excluding carboxylic acids is 2. The number of nitro benzene ring substituents is 1. The van der Waals surface area contributed by atoms with E-state index in [1.807, 2.05) is 60.0 Å². The van der Waals surface area contributed by atoms with Crippen LogP contribution in [0, 0.1) is 29.9 Å². The molecule has 264 valence electrons. The maximum Gasteiger partial charge on any atom is 0.313 e. The zero-order valence-electron chi connectivity index (χ0n) is 28.4. The predicted octanol–water partition coefficient (Wildman–Crippen LogP) is 7.15. The molecular formula is C37H34ClN9O5. The number of aryl methyl sites for hydroxylation is 2. The average molecular weight is 720 g/mol. The van der Waals surface area contributed by atoms with Crippen molar-refractivity contribution in [3.05, 3.63) is 123 Å². The van der Waals surface area contributed by atoms with E-state index in [0.29, 0.717) is 53.5 Å². The van der Waals surface area contributed by atoms with Crippen LogP contribution in [0.2, 0.25) is 5.02 Å². The molecule has 4 heterocycles. The number of nitrogens with zero attached hydrogens (tertiary/aromatic N) is 8. The van der Waals surface area contributed by atoms with Gasteiger partial charge in [0.15, 0.2) is 5.65 Å². The van der Waals surface area contributed by atoms with Crippen molar-refractivity contribution >= 4 is 40.4 Å². The number of benzene rings is 3. The van der Waals surface area contributed by atoms with E-state index >= 15 is 0 Å². The normalized spacial score (nSPS) is 14.6. The molecular weight excluding hydrogens is 686 g/mol. The van der Waals surface area contributed by atoms with E-state index in [-0.39, 0.29) is 34.2 Å². The highest BCUT2D eigenvalue weighted by Crippen LogP contribution is 2.34. The second kappa shape index (κ2) is 14.6. The van der Waals surface area contributed by atoms with E-state index < -0.39 is 4.92 Å². The topological polar surface area (TPSA) is 163 Å². The van der Waals surface area contributed by atoms with Gasteiger partial charge in [-0.05, 0) is 87.2 Å². The van der Waals surface area contributed by atoms with Crippen LogP contribution in [-0.2, 0) is 6.54 Å². The van der Waals surface area contributed by atoms with Gasteiger partial charge in [-0.25, -0.2) is 9.50 Å². The van der Waals surface area contributed by atoms with E-state index in [1.54, 1.807) is 28.8 Å². The first-order chi connectivity index (χ1) is 25.1. The third-order valence-electron chi connectivity index (χ3n) is 8.95. The molecule has 0 saturated carbocycles. The van der Waals surface area contributed by atoms with E-state index in [1.165, 1.54) is 24.4 Å². The van der Waals surface area contributed by atoms with Crippen LogP contribution in [0.25, 0.3) is 16.9 Å². The molecule has 6 aromatic rings. The first-order valence-electron chi connectivity index (χ1n) is 16.8. The Labute approximate surface area is 303 Å². The lowest BCUT2D eigenvalue weighted by Crippen LogP contribution is -2.35. The Hall–Kier alpha value is -6.15. The molecule has 1 aliphatic heterocycles. The monoisotopic (exact) mass is 719 g/mol. The Kier molecular flexibility index (Phi) is 9.63. The number of amides is 2. The van der Waals surface area contributed by atoms with Crippen LogP contribution in [0.4, 0.5) is 11.4 Å². The quantitative estimate of drug-likeness (QED) is 0.121. The lowest BCUT2D eigenvalue weighted by atomic mass is 10.0. The van der Waals surface area contributed by atoms with Gasteiger partial charge < -0.3 is 15.0 Å². The number of hydrogen-bond donors (Lipinski definition) is 1. The van der Waals surface area contributed by atoms with Crippen molar-refractivity contribution in [1.29, 1.82) is 0 Å². The van der Waals surface area contributed by atoms with Gasteiger partial charge in [-0.3, -0.25) is 24.4 Å². The summed E-state index contributed by atoms with van der Waals surface area (Å²) in [6.07, 6.45) is 6.24. The lowest BCUT2D eigenvalue weighted by molar-refractivity contribution is -0.385. The molecule has 7 rings (SSSR count). The summed E-state index contributed by atoms with van der Waals surface area (Å²) in [5.74, 6) is 0.210. The van der Waals surface area contributed by atoms with Crippen molar-refractivity contribution in [2.24, 2.45) is 5.92 Å². The Morgan fingerprint density at radius 1 is 1.04 bits per heavy atom. The molecule has 1 N–H and O–H groups in total. The molecule has 1 saturated heterocycles. The molecule has 1 aliphatic rings. The summed E-state index contributed by atoms with van der Waals surface area (Å²) in [6, 6.07) is 20.1. The fourth-order valence-corrected chi connectivity index (χ4v) is 6.56. The number of hydrogen-bond acceptors (Lipinski definition) is 9. The molecule has 3 aromatic heterocycles. The van der Waals surface area contributed by atoms with Crippen molar-refractivity contribution < 1.29 is 19.2 Å². The minimum atomic E-state index is -0.555. The van der Waals surface area contributed by atoms with Crippen molar-refractivity contribution in [3.8, 4) is 22.8 Å². The van der Waals surface area contributed by atoms with Crippen LogP contribution >= 0.6 is 11.6 Å². The number of carbonyl (C=O) groups is 2. The second-order valence-corrected chi connectivity index (χ2v) is 13.2. The molecule has 52 heavy (non-hydrogen) atoms. The number of nitrogens with one attached hydrogen (secondary N) is 1. The number of fused-ring (bicyclic) bond motifs is 1. The van der Waals surface area contributed by atoms with E-state index in [4.69, 9.17) is 16.3 Å². The molecule has 1 unspecified atom stereocenters. The Morgan fingerprint density at radius 3 is 2.60 bits per heavy atom. The van der Waals surface area contributed by atoms with Crippen LogP contribution in [0.3, 0.4) is 0 Å². The number of aromatic nitrogens is 6. The molecule has 0 radical (unpaired) electrons. The van der Waals surface area contributed by atoms with Gasteiger partial charge in [0, 0.05) is 58.9 Å². The summed E-state index contributed by atoms with van der Waals surface area (Å²) >= 11 is 5.91. The van der Waals surface area contributed by atoms with E-state index in [2.05, 4.69) is 25.7 Å². The third-order valence-corrected chi connectivity index (χ3v) is 9.18. The molecule has 2 amide bonds. The van der Waals surface area contributed by atoms with Gasteiger partial charge in [0.2, 0.25) is 5.75 Å². The highest BCUT2D eigenvalue weighted by atomic mass is 35.5. The fraction of sp³-hybridized carbons (Fsp3) is 0.243. The number of ether oxygens (including phenoxy) is 1. The number of likely N-dealkylation sites (tertiary alicyclic amines) is 1. The van der Waals surface area contributed by atoms with Gasteiger partial charge >= 0.3 is 5.69 Å². The van der Waals surface area contributed by atoms with Crippen molar-refractivity contribution in [1.82, 2.24) is 34.5 Å². The molecule has 0 spiro atoms. The standard InChI is InChI=1S/C37H34ClN9O5/c1-23-17-24(2)46-35(40-23)31(19-39-46)36(48)41-29-11-6-26(7-12-29)32-22-45(43-42-32)21-25-5-3-4-16-44(20-25)37(49)27-8-13-30(14-9-27)52-34-15-10-28(38)18-33(34)47(50)51/h6-15,17-19,22,25H,3-5,16,20-21H2,1-2H3,(H,41,48). The molecule has 0 aliphatic carbocycles. The van der Waals surface area contributed by atoms with Crippen LogP contribution in [0.15, 0.2) is 85.2 Å². The van der Waals surface area contributed by atoms with Gasteiger partial charge in [0.25, 0.3) is 11.8 Å². The Morgan fingerprint density at radius 2 is 1.83 bits per heavy atom. The number of nitro groups is 1. The number of rotatable bonds is 9. The van der Waals surface area contributed by atoms with Gasteiger partial charge in [-0.15, -0.1) is 5.10 Å². The maximum absolute atomic E-state index is 13.5. The van der Waals surface area contributed by atoms with Crippen molar-refractivity contribution in [2.45, 2.75) is 39.7 Å². The molecule has 1 atom stereocenters. The van der Waals surface area contributed by atoms with E-state index in [0.717, 1.165) is 36.2 Å². The average Bonchev–Trinajstić information content (AvgIpc) is 3.71. The maximum atomic E-state index is 13.5. The minimum absolute atomic E-state index is 0.0596. The zero-order valence-corrected chi connectivity index (χ0v) is 29.2. The molecule has 15 heteroatoms. The predicted molar refractivity (Wildman–Crippen MR) is 194 cm³/mol. The summed E-state index contributed by atoms with van der Waals surface area (Å²) in [6.45, 7) is 5.61. The highest BCUT2D eigenvalue weighted by molar-refractivity contribution is 6.30. The first-order valence-corrected chi connectivity index (χ1v) is 17.1.